The van der Waals surface area contributed by atoms with Gasteiger partial charge >= 0.3 is 0 Å². The largest absolute Gasteiger partial charge is 0.497 e. The molecule has 1 aliphatic carbocycles. The summed E-state index contributed by atoms with van der Waals surface area (Å²) in [5, 5.41) is 3.52. The second kappa shape index (κ2) is 6.22. The molecule has 1 atom stereocenters. The minimum absolute atomic E-state index is 0.406. The lowest BCUT2D eigenvalue weighted by atomic mass is 9.92. The van der Waals surface area contributed by atoms with E-state index in [9.17, 15) is 0 Å². The van der Waals surface area contributed by atoms with Crippen LogP contribution in [-0.4, -0.2) is 23.6 Å². The Hall–Kier alpha value is -1.94. The summed E-state index contributed by atoms with van der Waals surface area (Å²) in [4.78, 5) is 9.34. The first-order chi connectivity index (χ1) is 10.3. The van der Waals surface area contributed by atoms with Crippen LogP contribution < -0.4 is 10.1 Å². The maximum atomic E-state index is 5.19. The van der Waals surface area contributed by atoms with Gasteiger partial charge < -0.3 is 10.1 Å². The molecule has 4 heteroatoms. The molecule has 1 N–H and O–H groups in total. The van der Waals surface area contributed by atoms with Gasteiger partial charge in [0.2, 0.25) is 0 Å². The van der Waals surface area contributed by atoms with Crippen LogP contribution in [0.5, 0.6) is 5.75 Å². The number of fused-ring (bicyclic) bond motifs is 1. The molecule has 110 valence electrons. The quantitative estimate of drug-likeness (QED) is 0.936. The van der Waals surface area contributed by atoms with Gasteiger partial charge in [-0.05, 0) is 50.1 Å². The number of nitrogens with one attached hydrogen (secondary N) is 1. The molecule has 3 rings (SSSR count). The third-order valence-electron chi connectivity index (χ3n) is 3.98. The van der Waals surface area contributed by atoms with E-state index in [0.717, 1.165) is 30.1 Å². The van der Waals surface area contributed by atoms with Crippen molar-refractivity contribution in [3.05, 3.63) is 41.7 Å². The number of benzene rings is 1. The molecule has 21 heavy (non-hydrogen) atoms. The average Bonchev–Trinajstić information content (AvgIpc) is 2.55. The molecule has 0 aliphatic heterocycles. The third-order valence-corrected chi connectivity index (χ3v) is 3.98. The second-order valence-electron chi connectivity index (χ2n) is 5.33. The number of nitrogens with zero attached hydrogens (tertiary/aromatic N) is 2. The first kappa shape index (κ1) is 14.0. The number of ether oxygens (including phenoxy) is 1. The van der Waals surface area contributed by atoms with Gasteiger partial charge in [0.1, 0.15) is 5.75 Å². The first-order valence-corrected chi connectivity index (χ1v) is 7.55. The fraction of sp³-hybridized carbons (Fsp3) is 0.412. The average molecular weight is 283 g/mol. The van der Waals surface area contributed by atoms with Gasteiger partial charge in [-0.3, -0.25) is 0 Å². The smallest absolute Gasteiger partial charge is 0.159 e. The molecule has 0 saturated carbocycles. The van der Waals surface area contributed by atoms with Crippen LogP contribution >= 0.6 is 0 Å². The molecule has 0 fully saturated rings. The van der Waals surface area contributed by atoms with Gasteiger partial charge in [-0.25, -0.2) is 9.97 Å². The van der Waals surface area contributed by atoms with Crippen molar-refractivity contribution in [1.29, 1.82) is 0 Å². The summed E-state index contributed by atoms with van der Waals surface area (Å²) < 4.78 is 5.19. The van der Waals surface area contributed by atoms with Crippen molar-refractivity contribution in [3.63, 3.8) is 0 Å². The fourth-order valence-corrected chi connectivity index (χ4v) is 2.88. The van der Waals surface area contributed by atoms with Crippen LogP contribution in [0.2, 0.25) is 0 Å². The molecule has 1 aromatic heterocycles. The summed E-state index contributed by atoms with van der Waals surface area (Å²) >= 11 is 0. The molecule has 1 aliphatic rings. The normalized spacial score (nSPS) is 17.3. The summed E-state index contributed by atoms with van der Waals surface area (Å²) in [5.41, 5.74) is 3.48. The van der Waals surface area contributed by atoms with Crippen molar-refractivity contribution < 1.29 is 4.74 Å². The van der Waals surface area contributed by atoms with Crippen LogP contribution in [0.1, 0.15) is 37.1 Å². The molecule has 1 heterocycles. The van der Waals surface area contributed by atoms with Gasteiger partial charge in [0.15, 0.2) is 5.82 Å². The van der Waals surface area contributed by atoms with Crippen LogP contribution in [0.3, 0.4) is 0 Å². The summed E-state index contributed by atoms with van der Waals surface area (Å²) in [6.45, 7) is 3.12. The second-order valence-corrected chi connectivity index (χ2v) is 5.33. The van der Waals surface area contributed by atoms with Gasteiger partial charge in [0.05, 0.1) is 7.11 Å². The van der Waals surface area contributed by atoms with Crippen molar-refractivity contribution in [1.82, 2.24) is 15.3 Å². The molecular weight excluding hydrogens is 262 g/mol. The Balaban J connectivity index is 1.91. The Labute approximate surface area is 125 Å². The van der Waals surface area contributed by atoms with E-state index in [1.165, 1.54) is 24.1 Å². The molecule has 0 spiro atoms. The lowest BCUT2D eigenvalue weighted by Gasteiger charge is -2.25. The molecule has 0 radical (unpaired) electrons. The third kappa shape index (κ3) is 2.90. The highest BCUT2D eigenvalue weighted by molar-refractivity contribution is 5.56. The van der Waals surface area contributed by atoms with E-state index in [0.29, 0.717) is 6.04 Å². The number of aryl methyl sites for hydroxylation is 1. The van der Waals surface area contributed by atoms with Crippen molar-refractivity contribution in [2.24, 2.45) is 0 Å². The number of methoxy groups -OCH3 is 1. The summed E-state index contributed by atoms with van der Waals surface area (Å²) in [6.07, 6.45) is 5.40. The van der Waals surface area contributed by atoms with Crippen LogP contribution in [0.4, 0.5) is 0 Å². The summed E-state index contributed by atoms with van der Waals surface area (Å²) in [5.74, 6) is 1.65. The van der Waals surface area contributed by atoms with Crippen molar-refractivity contribution in [2.45, 2.75) is 32.2 Å². The predicted molar refractivity (Wildman–Crippen MR) is 83.4 cm³/mol. The number of hydrogen-bond acceptors (Lipinski definition) is 4. The van der Waals surface area contributed by atoms with Crippen LogP contribution in [-0.2, 0) is 6.42 Å². The minimum atomic E-state index is 0.406. The standard InChI is InChI=1S/C17H21N3O/c1-3-18-15-5-4-6-16-14(15)11-19-17(20-16)12-7-9-13(21-2)10-8-12/h7-11,15,18H,3-6H2,1-2H3. The van der Waals surface area contributed by atoms with E-state index in [4.69, 9.17) is 9.72 Å². The number of aromatic nitrogens is 2. The lowest BCUT2D eigenvalue weighted by Crippen LogP contribution is -2.25. The highest BCUT2D eigenvalue weighted by Gasteiger charge is 2.21. The highest BCUT2D eigenvalue weighted by Crippen LogP contribution is 2.29. The van der Waals surface area contributed by atoms with Gasteiger partial charge in [-0.15, -0.1) is 0 Å². The molecule has 2 aromatic rings. The van der Waals surface area contributed by atoms with E-state index in [1.807, 2.05) is 30.5 Å². The molecule has 4 nitrogen and oxygen atoms in total. The van der Waals surface area contributed by atoms with Gasteiger partial charge in [-0.1, -0.05) is 6.92 Å². The molecule has 0 saturated heterocycles. The monoisotopic (exact) mass is 283 g/mol. The number of hydrogen-bond donors (Lipinski definition) is 1. The Kier molecular flexibility index (Phi) is 4.15. The van der Waals surface area contributed by atoms with Gasteiger partial charge in [0, 0.05) is 29.1 Å². The predicted octanol–water partition coefficient (Wildman–Crippen LogP) is 3.14. The van der Waals surface area contributed by atoms with E-state index in [2.05, 4.69) is 17.2 Å². The van der Waals surface area contributed by atoms with Crippen molar-refractivity contribution in [2.75, 3.05) is 13.7 Å². The molecule has 0 bridgehead atoms. The van der Waals surface area contributed by atoms with Crippen molar-refractivity contribution >= 4 is 0 Å². The van der Waals surface area contributed by atoms with E-state index >= 15 is 0 Å². The van der Waals surface area contributed by atoms with Crippen LogP contribution in [0, 0.1) is 0 Å². The zero-order valence-electron chi connectivity index (χ0n) is 12.6. The minimum Gasteiger partial charge on any atom is -0.497 e. The maximum Gasteiger partial charge on any atom is 0.159 e. The Morgan fingerprint density at radius 3 is 2.81 bits per heavy atom. The molecule has 1 unspecified atom stereocenters. The van der Waals surface area contributed by atoms with Gasteiger partial charge in [-0.2, -0.15) is 0 Å². The SMILES string of the molecule is CCNC1CCCc2nc(-c3ccc(OC)cc3)ncc21. The van der Waals surface area contributed by atoms with E-state index in [1.54, 1.807) is 7.11 Å². The fourth-order valence-electron chi connectivity index (χ4n) is 2.88. The van der Waals surface area contributed by atoms with Gasteiger partial charge in [0.25, 0.3) is 0 Å². The van der Waals surface area contributed by atoms with Crippen LogP contribution in [0.25, 0.3) is 11.4 Å². The highest BCUT2D eigenvalue weighted by atomic mass is 16.5. The van der Waals surface area contributed by atoms with E-state index < -0.39 is 0 Å². The van der Waals surface area contributed by atoms with Crippen molar-refractivity contribution in [3.8, 4) is 17.1 Å². The number of rotatable bonds is 4. The zero-order chi connectivity index (χ0) is 14.7. The molecule has 1 aromatic carbocycles. The lowest BCUT2D eigenvalue weighted by molar-refractivity contribution is 0.415. The Morgan fingerprint density at radius 2 is 2.10 bits per heavy atom. The maximum absolute atomic E-state index is 5.19. The molecular formula is C17H21N3O. The summed E-state index contributed by atoms with van der Waals surface area (Å²) in [6, 6.07) is 8.30. The van der Waals surface area contributed by atoms with E-state index in [-0.39, 0.29) is 0 Å². The zero-order valence-corrected chi connectivity index (χ0v) is 12.6. The first-order valence-electron chi connectivity index (χ1n) is 7.55. The Bertz CT molecular complexity index is 610. The Morgan fingerprint density at radius 1 is 1.29 bits per heavy atom. The summed E-state index contributed by atoms with van der Waals surface area (Å²) in [7, 11) is 1.67. The molecule has 0 amide bonds. The van der Waals surface area contributed by atoms with Crippen LogP contribution in [0.15, 0.2) is 30.5 Å². The topological polar surface area (TPSA) is 47.0 Å².